The second-order valence-electron chi connectivity index (χ2n) is 4.88. The first-order chi connectivity index (χ1) is 11.6. The van der Waals surface area contributed by atoms with Crippen LogP contribution in [0, 0.1) is 0 Å². The number of pyridine rings is 1. The number of amides is 1. The van der Waals surface area contributed by atoms with Crippen LogP contribution in [0.2, 0.25) is 0 Å². The molecule has 3 rings (SSSR count). The van der Waals surface area contributed by atoms with Gasteiger partial charge in [0.2, 0.25) is 5.88 Å². The summed E-state index contributed by atoms with van der Waals surface area (Å²) in [4.78, 5) is 28.7. The molecule has 0 aliphatic rings. The lowest BCUT2D eigenvalue weighted by molar-refractivity contribution is 0.0596. The fourth-order valence-corrected chi connectivity index (χ4v) is 2.90. The summed E-state index contributed by atoms with van der Waals surface area (Å²) in [5, 5.41) is 7.18. The number of aromatic nitrogens is 1. The Bertz CT molecular complexity index is 906. The van der Waals surface area contributed by atoms with Crippen LogP contribution in [-0.2, 0) is 4.74 Å². The molecule has 0 saturated heterocycles. The number of carbonyl (C=O) groups is 2. The monoisotopic (exact) mass is 342 g/mol. The Morgan fingerprint density at radius 3 is 2.67 bits per heavy atom. The molecule has 122 valence electrons. The second kappa shape index (κ2) is 6.67. The maximum Gasteiger partial charge on any atom is 0.343 e. The zero-order chi connectivity index (χ0) is 17.1. The molecule has 0 atom stereocenters. The summed E-state index contributed by atoms with van der Waals surface area (Å²) in [6.45, 7) is 0. The van der Waals surface area contributed by atoms with Gasteiger partial charge in [-0.2, -0.15) is 11.3 Å². The van der Waals surface area contributed by atoms with Gasteiger partial charge in [0.25, 0.3) is 5.91 Å². The molecule has 6 nitrogen and oxygen atoms in total. The second-order valence-corrected chi connectivity index (χ2v) is 5.66. The number of anilines is 1. The van der Waals surface area contributed by atoms with Gasteiger partial charge in [0, 0.05) is 10.8 Å². The van der Waals surface area contributed by atoms with Gasteiger partial charge in [0.05, 0.1) is 31.0 Å². The fraction of sp³-hybridized carbons (Fsp3) is 0.118. The predicted molar refractivity (Wildman–Crippen MR) is 91.9 cm³/mol. The van der Waals surface area contributed by atoms with Crippen molar-refractivity contribution in [1.82, 2.24) is 4.98 Å². The summed E-state index contributed by atoms with van der Waals surface area (Å²) >= 11 is 1.49. The van der Waals surface area contributed by atoms with Crippen LogP contribution >= 0.6 is 11.3 Å². The number of ether oxygens (including phenoxy) is 2. The third-order valence-electron chi connectivity index (χ3n) is 3.43. The Morgan fingerprint density at radius 2 is 2.00 bits per heavy atom. The van der Waals surface area contributed by atoms with Crippen molar-refractivity contribution < 1.29 is 19.1 Å². The average Bonchev–Trinajstić information content (AvgIpc) is 3.12. The molecule has 0 aliphatic heterocycles. The Labute approximate surface area is 142 Å². The van der Waals surface area contributed by atoms with Gasteiger partial charge in [-0.05, 0) is 23.6 Å². The number of para-hydroxylation sites is 1. The molecule has 0 fully saturated rings. The van der Waals surface area contributed by atoms with Gasteiger partial charge in [-0.15, -0.1) is 0 Å². The van der Waals surface area contributed by atoms with Crippen LogP contribution in [0.1, 0.15) is 20.7 Å². The summed E-state index contributed by atoms with van der Waals surface area (Å²) < 4.78 is 9.91. The topological polar surface area (TPSA) is 77.5 Å². The molecular formula is C17H14N2O4S. The standard InChI is InChI=1S/C17H14N2O4S/c1-22-16-13(17(21)23-2)8-10-4-3-5-12(14(10)19-16)15(20)18-11-6-7-24-9-11/h3-9H,1-2H3,(H,18,20). The van der Waals surface area contributed by atoms with E-state index in [4.69, 9.17) is 9.47 Å². The van der Waals surface area contributed by atoms with E-state index in [1.54, 1.807) is 24.3 Å². The van der Waals surface area contributed by atoms with Crippen LogP contribution < -0.4 is 10.1 Å². The van der Waals surface area contributed by atoms with Crippen LogP contribution in [0.4, 0.5) is 5.69 Å². The van der Waals surface area contributed by atoms with Crippen molar-refractivity contribution in [2.24, 2.45) is 0 Å². The maximum atomic E-state index is 12.5. The zero-order valence-electron chi connectivity index (χ0n) is 13.0. The third kappa shape index (κ3) is 2.93. The quantitative estimate of drug-likeness (QED) is 0.736. The van der Waals surface area contributed by atoms with Crippen LogP contribution in [0.25, 0.3) is 10.9 Å². The average molecular weight is 342 g/mol. The highest BCUT2D eigenvalue weighted by molar-refractivity contribution is 7.08. The minimum Gasteiger partial charge on any atom is -0.480 e. The van der Waals surface area contributed by atoms with Crippen LogP contribution in [0.3, 0.4) is 0 Å². The number of nitrogens with zero attached hydrogens (tertiary/aromatic N) is 1. The first kappa shape index (κ1) is 15.9. The Morgan fingerprint density at radius 1 is 1.17 bits per heavy atom. The van der Waals surface area contributed by atoms with Crippen molar-refractivity contribution in [3.05, 3.63) is 52.2 Å². The van der Waals surface area contributed by atoms with Gasteiger partial charge in [-0.25, -0.2) is 9.78 Å². The van der Waals surface area contributed by atoms with Crippen LogP contribution in [0.15, 0.2) is 41.1 Å². The number of benzene rings is 1. The SMILES string of the molecule is COC(=O)c1cc2cccc(C(=O)Nc3ccsc3)c2nc1OC. The summed E-state index contributed by atoms with van der Waals surface area (Å²) in [6.07, 6.45) is 0. The molecule has 0 unspecified atom stereocenters. The molecule has 0 spiro atoms. The molecule has 1 N–H and O–H groups in total. The van der Waals surface area contributed by atoms with Gasteiger partial charge in [0.1, 0.15) is 5.56 Å². The van der Waals surface area contributed by atoms with Crippen LogP contribution in [-0.4, -0.2) is 31.1 Å². The highest BCUT2D eigenvalue weighted by Gasteiger charge is 2.19. The van der Waals surface area contributed by atoms with E-state index >= 15 is 0 Å². The normalized spacial score (nSPS) is 10.4. The number of rotatable bonds is 4. The van der Waals surface area contributed by atoms with Gasteiger partial charge < -0.3 is 14.8 Å². The fourth-order valence-electron chi connectivity index (χ4n) is 2.31. The number of hydrogen-bond acceptors (Lipinski definition) is 6. The van der Waals surface area contributed by atoms with E-state index in [0.717, 1.165) is 5.69 Å². The Hall–Kier alpha value is -2.93. The number of methoxy groups -OCH3 is 2. The molecule has 3 aromatic rings. The number of hydrogen-bond donors (Lipinski definition) is 1. The van der Waals surface area contributed by atoms with E-state index in [0.29, 0.717) is 16.5 Å². The maximum absolute atomic E-state index is 12.5. The first-order valence-corrected chi connectivity index (χ1v) is 7.98. The molecule has 1 amide bonds. The third-order valence-corrected chi connectivity index (χ3v) is 4.12. The molecule has 2 heterocycles. The number of nitrogens with one attached hydrogen (secondary N) is 1. The van der Waals surface area contributed by atoms with E-state index in [1.165, 1.54) is 25.6 Å². The summed E-state index contributed by atoms with van der Waals surface area (Å²) in [5.74, 6) is -0.709. The molecule has 0 aliphatic carbocycles. The van der Waals surface area contributed by atoms with Gasteiger partial charge in [-0.3, -0.25) is 4.79 Å². The van der Waals surface area contributed by atoms with Crippen molar-refractivity contribution in [3.8, 4) is 5.88 Å². The van der Waals surface area contributed by atoms with E-state index in [1.807, 2.05) is 16.8 Å². The molecule has 1 aromatic carbocycles. The smallest absolute Gasteiger partial charge is 0.343 e. The summed E-state index contributed by atoms with van der Waals surface area (Å²) in [5.41, 5.74) is 1.78. The lowest BCUT2D eigenvalue weighted by atomic mass is 10.1. The number of fused-ring (bicyclic) bond motifs is 1. The molecule has 0 saturated carbocycles. The zero-order valence-corrected chi connectivity index (χ0v) is 13.8. The van der Waals surface area contributed by atoms with Gasteiger partial charge in [0.15, 0.2) is 0 Å². The molecule has 2 aromatic heterocycles. The lowest BCUT2D eigenvalue weighted by Crippen LogP contribution is -2.13. The highest BCUT2D eigenvalue weighted by Crippen LogP contribution is 2.26. The van der Waals surface area contributed by atoms with Crippen molar-refractivity contribution in [2.45, 2.75) is 0 Å². The number of esters is 1. The molecule has 24 heavy (non-hydrogen) atoms. The van der Waals surface area contributed by atoms with E-state index < -0.39 is 5.97 Å². The van der Waals surface area contributed by atoms with E-state index in [2.05, 4.69) is 10.3 Å². The van der Waals surface area contributed by atoms with E-state index in [-0.39, 0.29) is 17.4 Å². The van der Waals surface area contributed by atoms with Crippen molar-refractivity contribution in [1.29, 1.82) is 0 Å². The van der Waals surface area contributed by atoms with Gasteiger partial charge in [-0.1, -0.05) is 12.1 Å². The highest BCUT2D eigenvalue weighted by atomic mass is 32.1. The minimum absolute atomic E-state index is 0.116. The number of thiophene rings is 1. The Kier molecular flexibility index (Phi) is 4.43. The summed E-state index contributed by atoms with van der Waals surface area (Å²) in [7, 11) is 2.70. The Balaban J connectivity index is 2.09. The first-order valence-electron chi connectivity index (χ1n) is 7.03. The van der Waals surface area contributed by atoms with Gasteiger partial charge >= 0.3 is 5.97 Å². The summed E-state index contributed by atoms with van der Waals surface area (Å²) in [6, 6.07) is 8.61. The molecule has 0 bridgehead atoms. The minimum atomic E-state index is -0.547. The van der Waals surface area contributed by atoms with Crippen LogP contribution in [0.5, 0.6) is 5.88 Å². The van der Waals surface area contributed by atoms with Crippen molar-refractivity contribution >= 4 is 39.8 Å². The largest absolute Gasteiger partial charge is 0.480 e. The van der Waals surface area contributed by atoms with E-state index in [9.17, 15) is 9.59 Å². The molecular weight excluding hydrogens is 328 g/mol. The molecule has 0 radical (unpaired) electrons. The molecule has 7 heteroatoms. The predicted octanol–water partition coefficient (Wildman–Crippen LogP) is 3.34. The number of carbonyl (C=O) groups excluding carboxylic acids is 2. The van der Waals surface area contributed by atoms with Crippen molar-refractivity contribution in [3.63, 3.8) is 0 Å². The van der Waals surface area contributed by atoms with Crippen molar-refractivity contribution in [2.75, 3.05) is 19.5 Å². The lowest BCUT2D eigenvalue weighted by Gasteiger charge is -2.10.